The number of morpholine rings is 1. The largest absolute Gasteiger partial charge is 0.379 e. The third-order valence-electron chi connectivity index (χ3n) is 5.28. The van der Waals surface area contributed by atoms with Crippen molar-refractivity contribution in [2.45, 2.75) is 38.1 Å². The Hall–Kier alpha value is -1.23. The first-order valence-electron chi connectivity index (χ1n) is 9.13. The summed E-state index contributed by atoms with van der Waals surface area (Å²) in [5.74, 6) is 0.368. The minimum absolute atomic E-state index is 0.368. The van der Waals surface area contributed by atoms with Crippen molar-refractivity contribution in [3.63, 3.8) is 0 Å². The number of ketones is 1. The SMILES string of the molecule is CCC(Cc1ccccc1)(C(=O)CCCN1CCOCC1)N(C)C. The Morgan fingerprint density at radius 1 is 1.21 bits per heavy atom. The monoisotopic (exact) mass is 332 g/mol. The van der Waals surface area contributed by atoms with Gasteiger partial charge in [-0.05, 0) is 45.5 Å². The van der Waals surface area contributed by atoms with Gasteiger partial charge in [0.15, 0.2) is 5.78 Å². The molecule has 0 saturated carbocycles. The third kappa shape index (κ3) is 4.88. The molecule has 1 heterocycles. The van der Waals surface area contributed by atoms with Crippen LogP contribution in [0.2, 0.25) is 0 Å². The van der Waals surface area contributed by atoms with Gasteiger partial charge in [0, 0.05) is 19.5 Å². The Morgan fingerprint density at radius 3 is 2.46 bits per heavy atom. The summed E-state index contributed by atoms with van der Waals surface area (Å²) in [4.78, 5) is 17.6. The van der Waals surface area contributed by atoms with E-state index >= 15 is 0 Å². The first kappa shape index (κ1) is 19.1. The average molecular weight is 332 g/mol. The highest BCUT2D eigenvalue weighted by Crippen LogP contribution is 2.26. The van der Waals surface area contributed by atoms with Crippen LogP contribution in [0.1, 0.15) is 31.7 Å². The van der Waals surface area contributed by atoms with E-state index < -0.39 is 5.54 Å². The van der Waals surface area contributed by atoms with Gasteiger partial charge in [0.1, 0.15) is 0 Å². The van der Waals surface area contributed by atoms with E-state index in [4.69, 9.17) is 4.74 Å². The molecule has 24 heavy (non-hydrogen) atoms. The lowest BCUT2D eigenvalue weighted by molar-refractivity contribution is -0.130. The molecular weight excluding hydrogens is 300 g/mol. The number of rotatable bonds is 9. The molecule has 0 aliphatic carbocycles. The fraction of sp³-hybridized carbons (Fsp3) is 0.650. The number of carbonyl (C=O) groups excluding carboxylic acids is 1. The van der Waals surface area contributed by atoms with Gasteiger partial charge in [-0.1, -0.05) is 37.3 Å². The van der Waals surface area contributed by atoms with Gasteiger partial charge in [-0.25, -0.2) is 0 Å². The Kier molecular flexibility index (Phi) is 7.40. The van der Waals surface area contributed by atoms with Crippen LogP contribution in [-0.4, -0.2) is 68.1 Å². The molecule has 1 aromatic rings. The molecule has 0 N–H and O–H groups in total. The van der Waals surface area contributed by atoms with Crippen LogP contribution in [0, 0.1) is 0 Å². The molecule has 0 radical (unpaired) electrons. The standard InChI is InChI=1S/C20H32N2O2/c1-4-20(21(2)3,17-18-9-6-5-7-10-18)19(23)11-8-12-22-13-15-24-16-14-22/h5-7,9-10H,4,8,11-17H2,1-3H3. The van der Waals surface area contributed by atoms with Crippen LogP contribution < -0.4 is 0 Å². The van der Waals surface area contributed by atoms with Crippen LogP contribution in [0.25, 0.3) is 0 Å². The molecule has 2 rings (SSSR count). The molecule has 0 amide bonds. The fourth-order valence-corrected chi connectivity index (χ4v) is 3.60. The summed E-state index contributed by atoms with van der Waals surface area (Å²) in [5, 5.41) is 0. The molecule has 1 saturated heterocycles. The average Bonchev–Trinajstić information content (AvgIpc) is 2.61. The molecule has 4 nitrogen and oxygen atoms in total. The van der Waals surface area contributed by atoms with Gasteiger partial charge in [-0.15, -0.1) is 0 Å². The summed E-state index contributed by atoms with van der Waals surface area (Å²) in [6.07, 6.45) is 3.21. The van der Waals surface area contributed by atoms with Gasteiger partial charge >= 0.3 is 0 Å². The van der Waals surface area contributed by atoms with E-state index in [0.717, 1.165) is 52.1 Å². The number of ether oxygens (including phenoxy) is 1. The smallest absolute Gasteiger partial charge is 0.153 e. The number of likely N-dealkylation sites (N-methyl/N-ethyl adjacent to an activating group) is 1. The molecule has 1 aliphatic rings. The predicted molar refractivity (Wildman–Crippen MR) is 98.4 cm³/mol. The zero-order valence-corrected chi connectivity index (χ0v) is 15.5. The number of carbonyl (C=O) groups is 1. The van der Waals surface area contributed by atoms with E-state index in [1.165, 1.54) is 5.56 Å². The maximum Gasteiger partial charge on any atom is 0.153 e. The predicted octanol–water partition coefficient (Wildman–Crippen LogP) is 2.62. The number of hydrogen-bond donors (Lipinski definition) is 0. The quantitative estimate of drug-likeness (QED) is 0.696. The van der Waals surface area contributed by atoms with Crippen LogP contribution in [0.15, 0.2) is 30.3 Å². The molecule has 1 atom stereocenters. The molecule has 0 spiro atoms. The van der Waals surface area contributed by atoms with E-state index in [1.54, 1.807) is 0 Å². The summed E-state index contributed by atoms with van der Waals surface area (Å²) in [6.45, 7) is 6.74. The molecule has 1 fully saturated rings. The van der Waals surface area contributed by atoms with Crippen LogP contribution >= 0.6 is 0 Å². The van der Waals surface area contributed by atoms with Gasteiger partial charge < -0.3 is 4.74 Å². The van der Waals surface area contributed by atoms with E-state index in [0.29, 0.717) is 12.2 Å². The first-order valence-corrected chi connectivity index (χ1v) is 9.13. The Morgan fingerprint density at radius 2 is 1.88 bits per heavy atom. The van der Waals surface area contributed by atoms with Gasteiger partial charge in [0.2, 0.25) is 0 Å². The number of benzene rings is 1. The van der Waals surface area contributed by atoms with Crippen molar-refractivity contribution in [1.82, 2.24) is 9.80 Å². The van der Waals surface area contributed by atoms with Crippen molar-refractivity contribution in [3.8, 4) is 0 Å². The maximum absolute atomic E-state index is 13.1. The second kappa shape index (κ2) is 9.30. The highest BCUT2D eigenvalue weighted by atomic mass is 16.5. The van der Waals surface area contributed by atoms with Crippen LogP contribution in [-0.2, 0) is 16.0 Å². The second-order valence-corrected chi connectivity index (χ2v) is 6.92. The van der Waals surface area contributed by atoms with Crippen LogP contribution in [0.5, 0.6) is 0 Å². The maximum atomic E-state index is 13.1. The summed E-state index contributed by atoms with van der Waals surface area (Å²) < 4.78 is 5.38. The number of Topliss-reactive ketones (excluding diaryl/α,β-unsaturated/α-hetero) is 1. The van der Waals surface area contributed by atoms with Crippen molar-refractivity contribution in [2.24, 2.45) is 0 Å². The minimum Gasteiger partial charge on any atom is -0.379 e. The van der Waals surface area contributed by atoms with Crippen LogP contribution in [0.3, 0.4) is 0 Å². The topological polar surface area (TPSA) is 32.8 Å². The Bertz CT molecular complexity index is 498. The summed E-state index contributed by atoms with van der Waals surface area (Å²) >= 11 is 0. The van der Waals surface area contributed by atoms with E-state index in [9.17, 15) is 4.79 Å². The minimum atomic E-state index is -0.396. The lowest BCUT2D eigenvalue weighted by Gasteiger charge is -2.38. The van der Waals surface area contributed by atoms with Crippen molar-refractivity contribution in [2.75, 3.05) is 46.9 Å². The van der Waals surface area contributed by atoms with Gasteiger partial charge in [-0.2, -0.15) is 0 Å². The summed E-state index contributed by atoms with van der Waals surface area (Å²) in [7, 11) is 4.07. The molecule has 1 unspecified atom stereocenters. The Labute approximate surface area is 146 Å². The van der Waals surface area contributed by atoms with Crippen molar-refractivity contribution < 1.29 is 9.53 Å². The van der Waals surface area contributed by atoms with E-state index in [-0.39, 0.29) is 0 Å². The zero-order chi connectivity index (χ0) is 17.4. The molecular formula is C20H32N2O2. The zero-order valence-electron chi connectivity index (χ0n) is 15.5. The lowest BCUT2D eigenvalue weighted by atomic mass is 9.81. The number of hydrogen-bond acceptors (Lipinski definition) is 4. The molecule has 1 aromatic carbocycles. The molecule has 0 aromatic heterocycles. The second-order valence-electron chi connectivity index (χ2n) is 6.92. The van der Waals surface area contributed by atoms with Crippen LogP contribution in [0.4, 0.5) is 0 Å². The molecule has 0 bridgehead atoms. The van der Waals surface area contributed by atoms with Crippen molar-refractivity contribution >= 4 is 5.78 Å². The fourth-order valence-electron chi connectivity index (χ4n) is 3.60. The highest BCUT2D eigenvalue weighted by Gasteiger charge is 2.38. The normalized spacial score (nSPS) is 18.5. The molecule has 134 valence electrons. The Balaban J connectivity index is 1.96. The van der Waals surface area contributed by atoms with Gasteiger partial charge in [0.25, 0.3) is 0 Å². The molecule has 4 heteroatoms. The number of nitrogens with zero attached hydrogens (tertiary/aromatic N) is 2. The molecule has 1 aliphatic heterocycles. The highest BCUT2D eigenvalue weighted by molar-refractivity contribution is 5.88. The summed E-state index contributed by atoms with van der Waals surface area (Å²) in [5.41, 5.74) is 0.835. The van der Waals surface area contributed by atoms with Crippen molar-refractivity contribution in [3.05, 3.63) is 35.9 Å². The summed E-state index contributed by atoms with van der Waals surface area (Å²) in [6, 6.07) is 10.4. The first-order chi connectivity index (χ1) is 11.6. The van der Waals surface area contributed by atoms with Gasteiger partial charge in [0.05, 0.1) is 18.8 Å². The van der Waals surface area contributed by atoms with E-state index in [2.05, 4.69) is 28.9 Å². The van der Waals surface area contributed by atoms with Gasteiger partial charge in [-0.3, -0.25) is 14.6 Å². The lowest BCUT2D eigenvalue weighted by Crippen LogP contribution is -2.52. The van der Waals surface area contributed by atoms with Crippen molar-refractivity contribution in [1.29, 1.82) is 0 Å². The van der Waals surface area contributed by atoms with E-state index in [1.807, 2.05) is 32.3 Å². The third-order valence-corrected chi connectivity index (χ3v) is 5.28.